The Bertz CT molecular complexity index is 610. The summed E-state index contributed by atoms with van der Waals surface area (Å²) in [5.41, 5.74) is 1.46. The van der Waals surface area contributed by atoms with Gasteiger partial charge in [-0.05, 0) is 39.3 Å². The third kappa shape index (κ3) is 3.00. The lowest BCUT2D eigenvalue weighted by molar-refractivity contribution is 0.835. The first-order chi connectivity index (χ1) is 10.2. The first-order valence-corrected chi connectivity index (χ1v) is 7.72. The lowest BCUT2D eigenvalue weighted by Crippen LogP contribution is -2.26. The minimum Gasteiger partial charge on any atom is -0.355 e. The van der Waals surface area contributed by atoms with E-state index in [-0.39, 0.29) is 5.28 Å². The molecule has 0 aliphatic heterocycles. The zero-order valence-corrected chi connectivity index (χ0v) is 13.7. The van der Waals surface area contributed by atoms with E-state index >= 15 is 0 Å². The molecular weight excluding hydrogens is 288 g/mol. The Morgan fingerprint density at radius 3 is 1.95 bits per heavy atom. The van der Waals surface area contributed by atoms with Gasteiger partial charge in [-0.15, -0.1) is 0 Å². The van der Waals surface area contributed by atoms with Gasteiger partial charge in [0.15, 0.2) is 11.6 Å². The zero-order valence-electron chi connectivity index (χ0n) is 13.0. The van der Waals surface area contributed by atoms with Gasteiger partial charge < -0.3 is 9.80 Å². The first kappa shape index (κ1) is 15.7. The predicted molar refractivity (Wildman–Crippen MR) is 87.3 cm³/mol. The number of hydrogen-bond acceptors (Lipinski definition) is 6. The van der Waals surface area contributed by atoms with Crippen molar-refractivity contribution in [2.24, 2.45) is 0 Å². The smallest absolute Gasteiger partial charge is 0.225 e. The fourth-order valence-electron chi connectivity index (χ4n) is 2.39. The fraction of sp³-hybridized carbons (Fsp3) is 0.571. The SMILES string of the molecule is CCN(CC)c1nc(Cl)nc2c(N(CC)CC)ncnc12. The lowest BCUT2D eigenvalue weighted by atomic mass is 10.3. The molecule has 21 heavy (non-hydrogen) atoms. The monoisotopic (exact) mass is 308 g/mol. The van der Waals surface area contributed by atoms with Crippen molar-refractivity contribution in [3.8, 4) is 0 Å². The van der Waals surface area contributed by atoms with Crippen LogP contribution in [0.1, 0.15) is 27.7 Å². The average molecular weight is 309 g/mol. The zero-order chi connectivity index (χ0) is 15.4. The van der Waals surface area contributed by atoms with E-state index in [9.17, 15) is 0 Å². The molecule has 0 aliphatic carbocycles. The van der Waals surface area contributed by atoms with E-state index in [2.05, 4.69) is 57.4 Å². The van der Waals surface area contributed by atoms with Crippen molar-refractivity contribution in [2.75, 3.05) is 36.0 Å². The van der Waals surface area contributed by atoms with Crippen molar-refractivity contribution in [1.82, 2.24) is 19.9 Å². The second-order valence-electron chi connectivity index (χ2n) is 4.56. The molecule has 0 unspecified atom stereocenters. The third-order valence-corrected chi connectivity index (χ3v) is 3.71. The van der Waals surface area contributed by atoms with E-state index in [4.69, 9.17) is 11.6 Å². The van der Waals surface area contributed by atoms with Gasteiger partial charge in [0.1, 0.15) is 17.4 Å². The van der Waals surface area contributed by atoms with E-state index in [0.29, 0.717) is 5.52 Å². The summed E-state index contributed by atoms with van der Waals surface area (Å²) < 4.78 is 0. The van der Waals surface area contributed by atoms with Crippen LogP contribution in [-0.2, 0) is 0 Å². The molecule has 0 aliphatic rings. The Hall–Kier alpha value is -1.69. The molecule has 0 spiro atoms. The molecule has 0 amide bonds. The van der Waals surface area contributed by atoms with E-state index in [0.717, 1.165) is 43.3 Å². The van der Waals surface area contributed by atoms with E-state index in [1.807, 2.05) is 0 Å². The van der Waals surface area contributed by atoms with Gasteiger partial charge >= 0.3 is 0 Å². The Morgan fingerprint density at radius 2 is 1.38 bits per heavy atom. The summed E-state index contributed by atoms with van der Waals surface area (Å²) in [5.74, 6) is 1.58. The third-order valence-electron chi connectivity index (χ3n) is 3.54. The maximum Gasteiger partial charge on any atom is 0.225 e. The van der Waals surface area contributed by atoms with Crippen LogP contribution in [0.2, 0.25) is 5.28 Å². The van der Waals surface area contributed by atoms with E-state index in [1.54, 1.807) is 6.33 Å². The number of aromatic nitrogens is 4. The van der Waals surface area contributed by atoms with Crippen LogP contribution < -0.4 is 9.80 Å². The van der Waals surface area contributed by atoms with E-state index < -0.39 is 0 Å². The number of anilines is 2. The molecular formula is C14H21ClN6. The summed E-state index contributed by atoms with van der Waals surface area (Å²) in [7, 11) is 0. The molecule has 0 bridgehead atoms. The van der Waals surface area contributed by atoms with Crippen LogP contribution in [0.5, 0.6) is 0 Å². The molecule has 0 saturated carbocycles. The van der Waals surface area contributed by atoms with Crippen LogP contribution in [0.15, 0.2) is 6.33 Å². The Morgan fingerprint density at radius 1 is 0.810 bits per heavy atom. The quantitative estimate of drug-likeness (QED) is 0.765. The Kier molecular flexibility index (Phi) is 5.12. The van der Waals surface area contributed by atoms with Crippen LogP contribution in [0, 0.1) is 0 Å². The summed E-state index contributed by atoms with van der Waals surface area (Å²) in [6.07, 6.45) is 1.57. The molecule has 0 fully saturated rings. The Labute approximate surface area is 130 Å². The maximum absolute atomic E-state index is 6.12. The highest BCUT2D eigenvalue weighted by Gasteiger charge is 2.18. The van der Waals surface area contributed by atoms with Gasteiger partial charge in [-0.3, -0.25) is 0 Å². The number of fused-ring (bicyclic) bond motifs is 1. The molecule has 7 heteroatoms. The summed E-state index contributed by atoms with van der Waals surface area (Å²) in [5, 5.41) is 0.229. The number of halogens is 1. The van der Waals surface area contributed by atoms with Crippen LogP contribution >= 0.6 is 11.6 Å². The van der Waals surface area contributed by atoms with Gasteiger partial charge in [0.2, 0.25) is 5.28 Å². The van der Waals surface area contributed by atoms with Gasteiger partial charge in [0, 0.05) is 26.2 Å². The molecule has 0 radical (unpaired) electrons. The van der Waals surface area contributed by atoms with Crippen molar-refractivity contribution in [1.29, 1.82) is 0 Å². The van der Waals surface area contributed by atoms with Gasteiger partial charge in [0.05, 0.1) is 0 Å². The molecule has 2 aromatic heterocycles. The maximum atomic E-state index is 6.12. The van der Waals surface area contributed by atoms with Gasteiger partial charge in [0.25, 0.3) is 0 Å². The van der Waals surface area contributed by atoms with Crippen LogP contribution in [0.25, 0.3) is 11.0 Å². The molecule has 0 N–H and O–H groups in total. The van der Waals surface area contributed by atoms with E-state index in [1.165, 1.54) is 0 Å². The van der Waals surface area contributed by atoms with Crippen molar-refractivity contribution >= 4 is 34.3 Å². The standard InChI is InChI=1S/C14H21ClN6/c1-5-20(6-2)12-11-10(16-9-17-12)13(19-14(15)18-11)21(7-3)8-4/h9H,5-8H2,1-4H3. The van der Waals surface area contributed by atoms with Crippen LogP contribution in [-0.4, -0.2) is 46.1 Å². The molecule has 2 aromatic rings. The van der Waals surface area contributed by atoms with Crippen molar-refractivity contribution in [3.63, 3.8) is 0 Å². The lowest BCUT2D eigenvalue weighted by Gasteiger charge is -2.23. The highest BCUT2D eigenvalue weighted by atomic mass is 35.5. The summed E-state index contributed by atoms with van der Waals surface area (Å²) >= 11 is 6.12. The highest BCUT2D eigenvalue weighted by molar-refractivity contribution is 6.29. The topological polar surface area (TPSA) is 58.0 Å². The highest BCUT2D eigenvalue weighted by Crippen LogP contribution is 2.28. The van der Waals surface area contributed by atoms with Gasteiger partial charge in [-0.25, -0.2) is 15.0 Å². The van der Waals surface area contributed by atoms with Crippen molar-refractivity contribution in [2.45, 2.75) is 27.7 Å². The summed E-state index contributed by atoms with van der Waals surface area (Å²) in [4.78, 5) is 21.8. The minimum atomic E-state index is 0.229. The van der Waals surface area contributed by atoms with Crippen LogP contribution in [0.4, 0.5) is 11.6 Å². The molecule has 0 atom stereocenters. The normalized spacial score (nSPS) is 10.9. The summed E-state index contributed by atoms with van der Waals surface area (Å²) in [6.45, 7) is 11.7. The van der Waals surface area contributed by atoms with Crippen molar-refractivity contribution in [3.05, 3.63) is 11.6 Å². The second kappa shape index (κ2) is 6.85. The average Bonchev–Trinajstić information content (AvgIpc) is 2.50. The Balaban J connectivity index is 2.71. The van der Waals surface area contributed by atoms with Crippen LogP contribution in [0.3, 0.4) is 0 Å². The molecule has 114 valence electrons. The molecule has 2 rings (SSSR count). The second-order valence-corrected chi connectivity index (χ2v) is 4.89. The van der Waals surface area contributed by atoms with Gasteiger partial charge in [-0.2, -0.15) is 4.98 Å². The largest absolute Gasteiger partial charge is 0.355 e. The fourth-order valence-corrected chi connectivity index (χ4v) is 2.56. The molecule has 0 saturated heterocycles. The molecule has 0 aromatic carbocycles. The molecule has 2 heterocycles. The minimum absolute atomic E-state index is 0.229. The summed E-state index contributed by atoms with van der Waals surface area (Å²) in [6, 6.07) is 0. The number of nitrogens with zero attached hydrogens (tertiary/aromatic N) is 6. The van der Waals surface area contributed by atoms with Gasteiger partial charge in [-0.1, -0.05) is 0 Å². The predicted octanol–water partition coefficient (Wildman–Crippen LogP) is 2.77. The number of rotatable bonds is 6. The first-order valence-electron chi connectivity index (χ1n) is 7.34. The van der Waals surface area contributed by atoms with Crippen molar-refractivity contribution < 1.29 is 0 Å². The molecule has 6 nitrogen and oxygen atoms in total. The number of hydrogen-bond donors (Lipinski definition) is 0.